The fraction of sp³-hybridized carbons (Fsp3) is 0.211. The zero-order valence-electron chi connectivity index (χ0n) is 14.9. The SMILES string of the molecule is COc1cc(OC)cc(C(=O)NCCc2nc(-c3ccc(Cl)cc3)no2)c1. The lowest BCUT2D eigenvalue weighted by Crippen LogP contribution is -2.25. The Kier molecular flexibility index (Phi) is 5.93. The van der Waals surface area contributed by atoms with Crippen molar-refractivity contribution >= 4 is 17.5 Å². The summed E-state index contributed by atoms with van der Waals surface area (Å²) in [5.41, 5.74) is 1.25. The molecule has 0 saturated carbocycles. The fourth-order valence-corrected chi connectivity index (χ4v) is 2.52. The molecular formula is C19H18ClN3O4. The number of benzene rings is 2. The fourth-order valence-electron chi connectivity index (χ4n) is 2.40. The average molecular weight is 388 g/mol. The summed E-state index contributed by atoms with van der Waals surface area (Å²) in [7, 11) is 3.06. The number of methoxy groups -OCH3 is 2. The predicted octanol–water partition coefficient (Wildman–Crippen LogP) is 3.38. The van der Waals surface area contributed by atoms with Gasteiger partial charge in [-0.3, -0.25) is 4.79 Å². The van der Waals surface area contributed by atoms with E-state index in [9.17, 15) is 4.79 Å². The van der Waals surface area contributed by atoms with Crippen LogP contribution in [0.3, 0.4) is 0 Å². The number of rotatable bonds is 7. The van der Waals surface area contributed by atoms with E-state index in [4.69, 9.17) is 25.6 Å². The van der Waals surface area contributed by atoms with E-state index in [1.165, 1.54) is 14.2 Å². The molecule has 0 saturated heterocycles. The first-order chi connectivity index (χ1) is 13.1. The molecule has 0 aliphatic rings. The van der Waals surface area contributed by atoms with Crippen LogP contribution in [0.25, 0.3) is 11.4 Å². The molecule has 27 heavy (non-hydrogen) atoms. The topological polar surface area (TPSA) is 86.5 Å². The van der Waals surface area contributed by atoms with Crippen molar-refractivity contribution in [3.05, 3.63) is 58.9 Å². The first-order valence-electron chi connectivity index (χ1n) is 8.19. The van der Waals surface area contributed by atoms with Crippen LogP contribution in [-0.4, -0.2) is 36.8 Å². The van der Waals surface area contributed by atoms with Gasteiger partial charge < -0.3 is 19.3 Å². The number of carbonyl (C=O) groups is 1. The summed E-state index contributed by atoms with van der Waals surface area (Å²) in [6, 6.07) is 12.1. The molecule has 3 aromatic rings. The molecule has 8 heteroatoms. The lowest BCUT2D eigenvalue weighted by molar-refractivity contribution is 0.0952. The van der Waals surface area contributed by atoms with Crippen molar-refractivity contribution in [1.82, 2.24) is 15.5 Å². The number of nitrogens with one attached hydrogen (secondary N) is 1. The van der Waals surface area contributed by atoms with Crippen molar-refractivity contribution < 1.29 is 18.8 Å². The van der Waals surface area contributed by atoms with Crippen LogP contribution in [0.1, 0.15) is 16.2 Å². The highest BCUT2D eigenvalue weighted by Gasteiger charge is 2.12. The number of carbonyl (C=O) groups excluding carboxylic acids is 1. The molecule has 1 amide bonds. The van der Waals surface area contributed by atoms with E-state index in [2.05, 4.69) is 15.5 Å². The molecule has 0 unspecified atom stereocenters. The maximum Gasteiger partial charge on any atom is 0.251 e. The molecule has 0 atom stereocenters. The average Bonchev–Trinajstić information content (AvgIpc) is 3.16. The van der Waals surface area contributed by atoms with E-state index < -0.39 is 0 Å². The Morgan fingerprint density at radius 2 is 1.78 bits per heavy atom. The molecule has 1 heterocycles. The van der Waals surface area contributed by atoms with Gasteiger partial charge in [-0.25, -0.2) is 0 Å². The summed E-state index contributed by atoms with van der Waals surface area (Å²) >= 11 is 5.87. The molecule has 7 nitrogen and oxygen atoms in total. The monoisotopic (exact) mass is 387 g/mol. The molecule has 140 valence electrons. The van der Waals surface area contributed by atoms with Gasteiger partial charge in [0.25, 0.3) is 5.91 Å². The van der Waals surface area contributed by atoms with Gasteiger partial charge in [-0.1, -0.05) is 16.8 Å². The molecule has 1 N–H and O–H groups in total. The van der Waals surface area contributed by atoms with Gasteiger partial charge in [-0.2, -0.15) is 4.98 Å². The van der Waals surface area contributed by atoms with E-state index in [1.54, 1.807) is 30.3 Å². The Labute approximate surface area is 161 Å². The number of hydrogen-bond donors (Lipinski definition) is 1. The second-order valence-electron chi connectivity index (χ2n) is 5.63. The first-order valence-corrected chi connectivity index (χ1v) is 8.56. The predicted molar refractivity (Wildman–Crippen MR) is 100 cm³/mol. The zero-order valence-corrected chi connectivity index (χ0v) is 15.6. The highest BCUT2D eigenvalue weighted by Crippen LogP contribution is 2.22. The minimum Gasteiger partial charge on any atom is -0.497 e. The summed E-state index contributed by atoms with van der Waals surface area (Å²) in [5, 5.41) is 7.39. The lowest BCUT2D eigenvalue weighted by atomic mass is 10.2. The molecule has 1 aromatic heterocycles. The third-order valence-corrected chi connectivity index (χ3v) is 4.06. The van der Waals surface area contributed by atoms with Crippen molar-refractivity contribution in [2.75, 3.05) is 20.8 Å². The molecular weight excluding hydrogens is 370 g/mol. The lowest BCUT2D eigenvalue weighted by Gasteiger charge is -2.08. The molecule has 0 aliphatic carbocycles. The van der Waals surface area contributed by atoms with E-state index >= 15 is 0 Å². The molecule has 0 radical (unpaired) electrons. The van der Waals surface area contributed by atoms with Crippen LogP contribution in [0.15, 0.2) is 47.0 Å². The third-order valence-electron chi connectivity index (χ3n) is 3.81. The van der Waals surface area contributed by atoms with Crippen LogP contribution < -0.4 is 14.8 Å². The summed E-state index contributed by atoms with van der Waals surface area (Å²) in [5.74, 6) is 1.76. The van der Waals surface area contributed by atoms with Gasteiger partial charge in [0.05, 0.1) is 14.2 Å². The summed E-state index contributed by atoms with van der Waals surface area (Å²) in [6.07, 6.45) is 0.410. The maximum atomic E-state index is 12.3. The largest absolute Gasteiger partial charge is 0.497 e. The van der Waals surface area contributed by atoms with Crippen LogP contribution in [0.5, 0.6) is 11.5 Å². The van der Waals surface area contributed by atoms with Crippen LogP contribution in [0.2, 0.25) is 5.02 Å². The Morgan fingerprint density at radius 1 is 1.11 bits per heavy atom. The number of hydrogen-bond acceptors (Lipinski definition) is 6. The van der Waals surface area contributed by atoms with Crippen LogP contribution in [-0.2, 0) is 6.42 Å². The van der Waals surface area contributed by atoms with Crippen molar-refractivity contribution in [2.45, 2.75) is 6.42 Å². The number of aromatic nitrogens is 2. The molecule has 0 fully saturated rings. The van der Waals surface area contributed by atoms with E-state index in [0.29, 0.717) is 46.8 Å². The smallest absolute Gasteiger partial charge is 0.251 e. The van der Waals surface area contributed by atoms with E-state index in [1.807, 2.05) is 12.1 Å². The van der Waals surface area contributed by atoms with Crippen LogP contribution in [0.4, 0.5) is 0 Å². The van der Waals surface area contributed by atoms with Gasteiger partial charge in [-0.15, -0.1) is 0 Å². The van der Waals surface area contributed by atoms with E-state index in [0.717, 1.165) is 5.56 Å². The maximum absolute atomic E-state index is 12.3. The number of ether oxygens (including phenoxy) is 2. The van der Waals surface area contributed by atoms with Crippen LogP contribution in [0, 0.1) is 0 Å². The Hall–Kier alpha value is -3.06. The van der Waals surface area contributed by atoms with E-state index in [-0.39, 0.29) is 5.91 Å². The number of nitrogens with zero attached hydrogens (tertiary/aromatic N) is 2. The summed E-state index contributed by atoms with van der Waals surface area (Å²) < 4.78 is 15.6. The second-order valence-corrected chi connectivity index (χ2v) is 6.06. The molecule has 0 aliphatic heterocycles. The van der Waals surface area contributed by atoms with Gasteiger partial charge in [0.1, 0.15) is 11.5 Å². The highest BCUT2D eigenvalue weighted by atomic mass is 35.5. The highest BCUT2D eigenvalue weighted by molar-refractivity contribution is 6.30. The Morgan fingerprint density at radius 3 is 2.41 bits per heavy atom. The molecule has 2 aromatic carbocycles. The number of halogens is 1. The molecule has 0 bridgehead atoms. The van der Waals surface area contributed by atoms with Gasteiger partial charge in [-0.05, 0) is 36.4 Å². The Bertz CT molecular complexity index is 903. The quantitative estimate of drug-likeness (QED) is 0.668. The summed E-state index contributed by atoms with van der Waals surface area (Å²) in [4.78, 5) is 16.7. The van der Waals surface area contributed by atoms with Gasteiger partial charge in [0, 0.05) is 35.2 Å². The summed E-state index contributed by atoms with van der Waals surface area (Å²) in [6.45, 7) is 0.348. The molecule has 0 spiro atoms. The first kappa shape index (κ1) is 18.7. The second kappa shape index (κ2) is 8.55. The van der Waals surface area contributed by atoms with Gasteiger partial charge in [0.2, 0.25) is 11.7 Å². The van der Waals surface area contributed by atoms with Crippen molar-refractivity contribution in [3.63, 3.8) is 0 Å². The van der Waals surface area contributed by atoms with Crippen molar-refractivity contribution in [2.24, 2.45) is 0 Å². The third kappa shape index (κ3) is 4.77. The standard InChI is InChI=1S/C19H18ClN3O4/c1-25-15-9-13(10-16(11-15)26-2)19(24)21-8-7-17-22-18(23-27-17)12-3-5-14(20)6-4-12/h3-6,9-11H,7-8H2,1-2H3,(H,21,24). The normalized spacial score (nSPS) is 10.5. The van der Waals surface area contributed by atoms with Gasteiger partial charge in [0.15, 0.2) is 0 Å². The van der Waals surface area contributed by atoms with Crippen molar-refractivity contribution in [3.8, 4) is 22.9 Å². The Balaban J connectivity index is 1.58. The van der Waals surface area contributed by atoms with Crippen molar-refractivity contribution in [1.29, 1.82) is 0 Å². The van der Waals surface area contributed by atoms with Gasteiger partial charge >= 0.3 is 0 Å². The minimum absolute atomic E-state index is 0.246. The minimum atomic E-state index is -0.246. The van der Waals surface area contributed by atoms with Crippen LogP contribution >= 0.6 is 11.6 Å². The number of amides is 1. The molecule has 3 rings (SSSR count). The zero-order chi connectivity index (χ0) is 19.2.